The highest BCUT2D eigenvalue weighted by molar-refractivity contribution is 6.30. The number of H-pyrrole nitrogens is 1. The van der Waals surface area contributed by atoms with Crippen LogP contribution in [-0.4, -0.2) is 51.1 Å². The van der Waals surface area contributed by atoms with Gasteiger partial charge in [-0.25, -0.2) is 4.39 Å². The Labute approximate surface area is 169 Å². The Morgan fingerprint density at radius 2 is 2.14 bits per heavy atom. The molecular weight excluding hydrogens is 405 g/mol. The Morgan fingerprint density at radius 3 is 2.79 bits per heavy atom. The predicted octanol–water partition coefficient (Wildman–Crippen LogP) is 1.18. The summed E-state index contributed by atoms with van der Waals surface area (Å²) in [6, 6.07) is 4.07. The second kappa shape index (κ2) is 8.22. The number of nitrogens with zero attached hydrogens (tertiary/aromatic N) is 1. The summed E-state index contributed by atoms with van der Waals surface area (Å²) in [5.74, 6) is -2.63. The van der Waals surface area contributed by atoms with Crippen LogP contribution in [0.2, 0.25) is 5.02 Å². The van der Waals surface area contributed by atoms with Crippen LogP contribution in [0.4, 0.5) is 4.39 Å². The molecule has 2 heterocycles. The number of aromatic amines is 1. The van der Waals surface area contributed by atoms with Gasteiger partial charge in [0.25, 0.3) is 17.4 Å². The Balaban J connectivity index is 1.93. The summed E-state index contributed by atoms with van der Waals surface area (Å²) in [5, 5.41) is 21.9. The lowest BCUT2D eigenvalue weighted by Gasteiger charge is -2.30. The number of aliphatic hydroxyl groups is 1. The van der Waals surface area contributed by atoms with E-state index in [9.17, 15) is 29.0 Å². The maximum Gasteiger partial charge on any atom is 0.291 e. The highest BCUT2D eigenvalue weighted by Gasteiger charge is 2.33. The fraction of sp³-hybridized carbons (Fsp3) is 0.316. The van der Waals surface area contributed by atoms with Gasteiger partial charge in [0.15, 0.2) is 5.75 Å². The first-order valence-electron chi connectivity index (χ1n) is 8.86. The number of fused-ring (bicyclic) bond motifs is 1. The van der Waals surface area contributed by atoms with Crippen LogP contribution in [0.15, 0.2) is 23.0 Å². The molecule has 1 aliphatic rings. The molecule has 3 rings (SSSR count). The molecule has 2 aromatic rings. The summed E-state index contributed by atoms with van der Waals surface area (Å²) in [7, 11) is 0. The van der Waals surface area contributed by atoms with E-state index in [2.05, 4.69) is 10.3 Å². The minimum Gasteiger partial charge on any atom is -0.502 e. The van der Waals surface area contributed by atoms with Crippen molar-refractivity contribution < 1.29 is 24.2 Å². The number of hydrogen-bond acceptors (Lipinski definition) is 5. The van der Waals surface area contributed by atoms with E-state index in [1.54, 1.807) is 0 Å². The van der Waals surface area contributed by atoms with E-state index in [1.807, 2.05) is 0 Å². The highest BCUT2D eigenvalue weighted by Crippen LogP contribution is 2.28. The number of aliphatic hydroxyl groups excluding tert-OH is 1. The molecule has 0 fully saturated rings. The molecule has 0 aliphatic carbocycles. The van der Waals surface area contributed by atoms with Gasteiger partial charge >= 0.3 is 0 Å². The standard InChI is InChI=1S/C19H19ClFN3O5/c1-9(25)7-22-17(27)15-11-4-5-24(8-10-2-3-13(21)12(20)6-10)19(29)14(11)16(26)18(28)23-15/h2-3,6,9,25-26H,4-5,7-8H2,1H3,(H,22,27)(H,23,28). The lowest BCUT2D eigenvalue weighted by atomic mass is 9.96. The first-order chi connectivity index (χ1) is 13.7. The Hall–Kier alpha value is -2.91. The van der Waals surface area contributed by atoms with Crippen molar-refractivity contribution in [1.29, 1.82) is 0 Å². The van der Waals surface area contributed by atoms with E-state index >= 15 is 0 Å². The van der Waals surface area contributed by atoms with Crippen molar-refractivity contribution >= 4 is 23.4 Å². The number of amides is 2. The van der Waals surface area contributed by atoms with Gasteiger partial charge in [0.2, 0.25) is 0 Å². The number of nitrogens with one attached hydrogen (secondary N) is 2. The zero-order valence-electron chi connectivity index (χ0n) is 15.5. The average molecular weight is 424 g/mol. The topological polar surface area (TPSA) is 123 Å². The van der Waals surface area contributed by atoms with E-state index in [0.29, 0.717) is 5.56 Å². The molecule has 0 saturated heterocycles. The van der Waals surface area contributed by atoms with Crippen LogP contribution in [0.25, 0.3) is 0 Å². The van der Waals surface area contributed by atoms with E-state index in [4.69, 9.17) is 11.6 Å². The molecule has 8 nitrogen and oxygen atoms in total. The largest absolute Gasteiger partial charge is 0.502 e. The van der Waals surface area contributed by atoms with E-state index in [1.165, 1.54) is 30.0 Å². The smallest absolute Gasteiger partial charge is 0.291 e. The Bertz CT molecular complexity index is 1040. The summed E-state index contributed by atoms with van der Waals surface area (Å²) in [6.45, 7) is 1.75. The van der Waals surface area contributed by atoms with Gasteiger partial charge in [-0.05, 0) is 36.6 Å². The zero-order chi connectivity index (χ0) is 21.3. The summed E-state index contributed by atoms with van der Waals surface area (Å²) < 4.78 is 13.3. The van der Waals surface area contributed by atoms with Crippen LogP contribution in [0.1, 0.15) is 38.9 Å². The second-order valence-corrected chi connectivity index (χ2v) is 7.22. The predicted molar refractivity (Wildman–Crippen MR) is 103 cm³/mol. The first-order valence-corrected chi connectivity index (χ1v) is 9.24. The third kappa shape index (κ3) is 4.25. The van der Waals surface area contributed by atoms with Crippen molar-refractivity contribution in [3.63, 3.8) is 0 Å². The van der Waals surface area contributed by atoms with Crippen LogP contribution in [0, 0.1) is 5.82 Å². The third-order valence-corrected chi connectivity index (χ3v) is 4.86. The average Bonchev–Trinajstić information content (AvgIpc) is 2.67. The van der Waals surface area contributed by atoms with Crippen LogP contribution in [-0.2, 0) is 13.0 Å². The van der Waals surface area contributed by atoms with E-state index in [0.717, 1.165) is 0 Å². The van der Waals surface area contributed by atoms with Gasteiger partial charge in [-0.3, -0.25) is 14.4 Å². The molecule has 0 saturated carbocycles. The molecule has 29 heavy (non-hydrogen) atoms. The SMILES string of the molecule is CC(O)CNC(=O)c1[nH]c(=O)c(O)c2c1CCN(Cc1ccc(F)c(Cl)c1)C2=O. The van der Waals surface area contributed by atoms with Gasteiger partial charge in [0, 0.05) is 19.6 Å². The molecule has 2 amide bonds. The van der Waals surface area contributed by atoms with Crippen LogP contribution in [0.3, 0.4) is 0 Å². The van der Waals surface area contributed by atoms with E-state index in [-0.39, 0.29) is 47.9 Å². The van der Waals surface area contributed by atoms with Gasteiger partial charge in [-0.2, -0.15) is 0 Å². The second-order valence-electron chi connectivity index (χ2n) is 6.82. The van der Waals surface area contributed by atoms with Crippen molar-refractivity contribution in [2.24, 2.45) is 0 Å². The van der Waals surface area contributed by atoms with Gasteiger partial charge in [-0.15, -0.1) is 0 Å². The molecule has 10 heteroatoms. The molecule has 0 spiro atoms. The van der Waals surface area contributed by atoms with Gasteiger partial charge < -0.3 is 25.4 Å². The number of halogens is 2. The molecule has 0 radical (unpaired) electrons. The fourth-order valence-electron chi connectivity index (χ4n) is 3.15. The number of aromatic hydroxyl groups is 1. The van der Waals surface area contributed by atoms with Gasteiger partial charge in [0.05, 0.1) is 16.7 Å². The molecule has 1 unspecified atom stereocenters. The Morgan fingerprint density at radius 1 is 1.41 bits per heavy atom. The quantitative estimate of drug-likeness (QED) is 0.575. The van der Waals surface area contributed by atoms with Crippen molar-refractivity contribution in [3.8, 4) is 5.75 Å². The summed E-state index contributed by atoms with van der Waals surface area (Å²) in [5.41, 5.74) is -0.529. The molecule has 4 N–H and O–H groups in total. The summed E-state index contributed by atoms with van der Waals surface area (Å²) in [6.07, 6.45) is -0.587. The molecule has 0 bridgehead atoms. The number of pyridine rings is 1. The Kier molecular flexibility index (Phi) is 5.90. The molecular formula is C19H19ClFN3O5. The number of carbonyl (C=O) groups is 2. The highest BCUT2D eigenvalue weighted by atomic mass is 35.5. The molecule has 1 aliphatic heterocycles. The minimum absolute atomic E-state index is 0.0398. The number of rotatable bonds is 5. The number of hydrogen-bond donors (Lipinski definition) is 4. The summed E-state index contributed by atoms with van der Waals surface area (Å²) >= 11 is 5.78. The van der Waals surface area contributed by atoms with Crippen LogP contribution >= 0.6 is 11.6 Å². The lowest BCUT2D eigenvalue weighted by Crippen LogP contribution is -2.41. The lowest BCUT2D eigenvalue weighted by molar-refractivity contribution is 0.0721. The number of benzene rings is 1. The monoisotopic (exact) mass is 423 g/mol. The van der Waals surface area contributed by atoms with Crippen molar-refractivity contribution in [3.05, 3.63) is 61.8 Å². The maximum atomic E-state index is 13.3. The zero-order valence-corrected chi connectivity index (χ0v) is 16.2. The van der Waals surface area contributed by atoms with Crippen LogP contribution < -0.4 is 10.9 Å². The number of aromatic nitrogens is 1. The number of carbonyl (C=O) groups excluding carboxylic acids is 2. The normalized spacial score (nSPS) is 14.5. The van der Waals surface area contributed by atoms with Gasteiger partial charge in [-0.1, -0.05) is 17.7 Å². The fourth-order valence-corrected chi connectivity index (χ4v) is 3.35. The molecule has 154 valence electrons. The van der Waals surface area contributed by atoms with Crippen LogP contribution in [0.5, 0.6) is 5.75 Å². The van der Waals surface area contributed by atoms with E-state index < -0.39 is 35.0 Å². The van der Waals surface area contributed by atoms with Gasteiger partial charge in [0.1, 0.15) is 11.5 Å². The maximum absolute atomic E-state index is 13.3. The molecule has 1 aromatic heterocycles. The van der Waals surface area contributed by atoms with Crippen molar-refractivity contribution in [2.45, 2.75) is 26.0 Å². The minimum atomic E-state index is -0.967. The first kappa shape index (κ1) is 20.8. The third-order valence-electron chi connectivity index (χ3n) is 4.57. The molecule has 1 atom stereocenters. The van der Waals surface area contributed by atoms with Crippen molar-refractivity contribution in [1.82, 2.24) is 15.2 Å². The summed E-state index contributed by atoms with van der Waals surface area (Å²) in [4.78, 5) is 41.1. The van der Waals surface area contributed by atoms with Crippen molar-refractivity contribution in [2.75, 3.05) is 13.1 Å². The molecule has 1 aromatic carbocycles.